The van der Waals surface area contributed by atoms with Gasteiger partial charge in [0.15, 0.2) is 0 Å². The summed E-state index contributed by atoms with van der Waals surface area (Å²) in [6, 6.07) is 0. The van der Waals surface area contributed by atoms with Crippen LogP contribution in [0, 0.1) is 5.92 Å². The molecule has 146 valence electrons. The summed E-state index contributed by atoms with van der Waals surface area (Å²) in [5.41, 5.74) is 0. The first-order valence-electron chi connectivity index (χ1n) is 10.5. The lowest BCUT2D eigenvalue weighted by Crippen LogP contribution is -2.12. The Morgan fingerprint density at radius 3 is 1.29 bits per heavy atom. The van der Waals surface area contributed by atoms with Gasteiger partial charge in [0.25, 0.3) is 0 Å². The van der Waals surface area contributed by atoms with Crippen molar-refractivity contribution in [3.63, 3.8) is 0 Å². The predicted molar refractivity (Wildman–Crippen MR) is 113 cm³/mol. The monoisotopic (exact) mass is 361 g/mol. The van der Waals surface area contributed by atoms with Crippen molar-refractivity contribution in [1.29, 1.82) is 0 Å². The van der Waals surface area contributed by atoms with Crippen molar-refractivity contribution in [2.75, 3.05) is 25.2 Å². The van der Waals surface area contributed by atoms with Gasteiger partial charge in [0.2, 0.25) is 0 Å². The fourth-order valence-corrected chi connectivity index (χ4v) is 6.95. The molecule has 0 amide bonds. The van der Waals surface area contributed by atoms with Crippen LogP contribution in [-0.2, 0) is 4.79 Å². The quantitative estimate of drug-likeness (QED) is 0.329. The summed E-state index contributed by atoms with van der Waals surface area (Å²) >= 11 is 0. The van der Waals surface area contributed by atoms with Crippen molar-refractivity contribution in [3.05, 3.63) is 0 Å². The SMILES string of the molecule is CCCC(CCC)C(=O)O.CCCC[P+](C)(CCCC)CCCC. The van der Waals surface area contributed by atoms with E-state index in [2.05, 4.69) is 27.4 Å². The zero-order chi connectivity index (χ0) is 18.8. The molecule has 0 radical (unpaired) electrons. The normalized spacial score (nSPS) is 11.3. The second-order valence-electron chi connectivity index (χ2n) is 7.46. The van der Waals surface area contributed by atoms with E-state index in [0.717, 1.165) is 25.7 Å². The van der Waals surface area contributed by atoms with E-state index in [0.29, 0.717) is 0 Å². The van der Waals surface area contributed by atoms with Crippen LogP contribution >= 0.6 is 7.26 Å². The smallest absolute Gasteiger partial charge is 0.306 e. The van der Waals surface area contributed by atoms with Gasteiger partial charge in [-0.15, -0.1) is 0 Å². The van der Waals surface area contributed by atoms with E-state index in [1.165, 1.54) is 38.5 Å². The molecule has 0 spiro atoms. The molecule has 2 nitrogen and oxygen atoms in total. The van der Waals surface area contributed by atoms with E-state index in [-0.39, 0.29) is 5.92 Å². The van der Waals surface area contributed by atoms with Crippen LogP contribution in [0.25, 0.3) is 0 Å². The summed E-state index contributed by atoms with van der Waals surface area (Å²) in [4.78, 5) is 10.5. The molecule has 0 atom stereocenters. The Labute approximate surface area is 153 Å². The largest absolute Gasteiger partial charge is 0.481 e. The average Bonchev–Trinajstić information content (AvgIpc) is 2.57. The molecule has 0 fully saturated rings. The molecule has 0 saturated carbocycles. The third-order valence-corrected chi connectivity index (χ3v) is 8.97. The Bertz CT molecular complexity index is 251. The number of aliphatic carboxylic acids is 1. The molecule has 3 heteroatoms. The number of carboxylic acid groups (broad SMARTS) is 1. The van der Waals surface area contributed by atoms with E-state index in [4.69, 9.17) is 5.11 Å². The summed E-state index contributed by atoms with van der Waals surface area (Å²) in [7, 11) is -0.519. The van der Waals surface area contributed by atoms with Crippen LogP contribution in [0.1, 0.15) is 98.8 Å². The maximum absolute atomic E-state index is 10.5. The molecule has 0 aliphatic carbocycles. The highest BCUT2D eigenvalue weighted by atomic mass is 31.2. The first-order chi connectivity index (χ1) is 11.4. The highest BCUT2D eigenvalue weighted by Crippen LogP contribution is 2.57. The summed E-state index contributed by atoms with van der Waals surface area (Å²) in [5.74, 6) is -0.737. The number of hydrogen-bond donors (Lipinski definition) is 1. The molecule has 24 heavy (non-hydrogen) atoms. The molecule has 0 unspecified atom stereocenters. The van der Waals surface area contributed by atoms with Crippen LogP contribution < -0.4 is 0 Å². The van der Waals surface area contributed by atoms with Crippen LogP contribution in [0.3, 0.4) is 0 Å². The topological polar surface area (TPSA) is 37.3 Å². The average molecular weight is 362 g/mol. The number of unbranched alkanes of at least 4 members (excludes halogenated alkanes) is 3. The van der Waals surface area contributed by atoms with E-state index < -0.39 is 13.2 Å². The van der Waals surface area contributed by atoms with Gasteiger partial charge in [-0.25, -0.2) is 0 Å². The van der Waals surface area contributed by atoms with E-state index >= 15 is 0 Å². The Balaban J connectivity index is 0. The van der Waals surface area contributed by atoms with Gasteiger partial charge in [0.1, 0.15) is 0 Å². The summed E-state index contributed by atoms with van der Waals surface area (Å²) < 4.78 is 0. The highest BCUT2D eigenvalue weighted by molar-refractivity contribution is 7.75. The van der Waals surface area contributed by atoms with Gasteiger partial charge in [0.05, 0.1) is 24.4 Å². The molecule has 0 aromatic carbocycles. The Morgan fingerprint density at radius 2 is 1.08 bits per heavy atom. The van der Waals surface area contributed by atoms with Gasteiger partial charge in [-0.1, -0.05) is 66.7 Å². The standard InChI is InChI=1S/C13H30P.C8H16O2/c1-5-8-11-14(4,12-9-6-2)13-10-7-3;1-3-5-7(6-4-2)8(9)10/h5-13H2,1-4H3;7H,3-6H2,1-2H3,(H,9,10)/q+1;. The van der Waals surface area contributed by atoms with Crippen LogP contribution in [0.2, 0.25) is 0 Å². The second-order valence-corrected chi connectivity index (χ2v) is 12.0. The van der Waals surface area contributed by atoms with E-state index in [1.54, 1.807) is 18.5 Å². The van der Waals surface area contributed by atoms with Gasteiger partial charge in [-0.3, -0.25) is 4.79 Å². The Kier molecular flexibility index (Phi) is 19.3. The van der Waals surface area contributed by atoms with Crippen molar-refractivity contribution in [1.82, 2.24) is 0 Å². The Hall–Kier alpha value is -0.100. The van der Waals surface area contributed by atoms with Gasteiger partial charge < -0.3 is 5.11 Å². The fourth-order valence-electron chi connectivity index (χ4n) is 3.04. The zero-order valence-corrected chi connectivity index (χ0v) is 18.5. The van der Waals surface area contributed by atoms with Crippen LogP contribution in [0.4, 0.5) is 0 Å². The van der Waals surface area contributed by atoms with Crippen LogP contribution in [-0.4, -0.2) is 36.2 Å². The second kappa shape index (κ2) is 17.7. The predicted octanol–water partition coefficient (Wildman–Crippen LogP) is 7.32. The summed E-state index contributed by atoms with van der Waals surface area (Å²) in [5, 5.41) is 8.64. The van der Waals surface area contributed by atoms with Gasteiger partial charge in [0, 0.05) is 13.9 Å². The molecule has 0 aromatic rings. The van der Waals surface area contributed by atoms with Crippen molar-refractivity contribution >= 4 is 13.2 Å². The number of carboxylic acids is 1. The van der Waals surface area contributed by atoms with Crippen LogP contribution in [0.5, 0.6) is 0 Å². The molecular formula is C21H46O2P+. The lowest BCUT2D eigenvalue weighted by molar-refractivity contribution is -0.142. The third kappa shape index (κ3) is 15.4. The fraction of sp³-hybridized carbons (Fsp3) is 0.952. The molecule has 0 saturated heterocycles. The van der Waals surface area contributed by atoms with Crippen LogP contribution in [0.15, 0.2) is 0 Å². The number of hydrogen-bond acceptors (Lipinski definition) is 1. The number of carbonyl (C=O) groups is 1. The summed E-state index contributed by atoms with van der Waals surface area (Å²) in [6.07, 6.45) is 16.8. The zero-order valence-electron chi connectivity index (χ0n) is 17.6. The minimum atomic E-state index is -0.635. The molecule has 0 aromatic heterocycles. The highest BCUT2D eigenvalue weighted by Gasteiger charge is 2.28. The maximum Gasteiger partial charge on any atom is 0.306 e. The summed E-state index contributed by atoms with van der Waals surface area (Å²) in [6.45, 7) is 13.6. The van der Waals surface area contributed by atoms with Crippen molar-refractivity contribution in [2.45, 2.75) is 98.8 Å². The first-order valence-corrected chi connectivity index (χ1v) is 13.3. The van der Waals surface area contributed by atoms with Crippen molar-refractivity contribution in [3.8, 4) is 0 Å². The molecule has 0 bridgehead atoms. The minimum Gasteiger partial charge on any atom is -0.481 e. The third-order valence-electron chi connectivity index (χ3n) is 4.78. The van der Waals surface area contributed by atoms with Gasteiger partial charge in [-0.05, 0) is 32.1 Å². The number of rotatable bonds is 14. The van der Waals surface area contributed by atoms with Crippen molar-refractivity contribution < 1.29 is 9.90 Å². The lowest BCUT2D eigenvalue weighted by atomic mass is 9.99. The van der Waals surface area contributed by atoms with Gasteiger partial charge >= 0.3 is 5.97 Å². The molecule has 0 aliphatic rings. The minimum absolute atomic E-state index is 0.102. The first kappa shape index (κ1) is 26.1. The lowest BCUT2D eigenvalue weighted by Gasteiger charge is -2.22. The molecular weight excluding hydrogens is 315 g/mol. The molecule has 0 rings (SSSR count). The van der Waals surface area contributed by atoms with Gasteiger partial charge in [-0.2, -0.15) is 0 Å². The molecule has 0 heterocycles. The van der Waals surface area contributed by atoms with E-state index in [9.17, 15) is 4.79 Å². The molecule has 0 aliphatic heterocycles. The maximum atomic E-state index is 10.5. The Morgan fingerprint density at radius 1 is 0.750 bits per heavy atom. The van der Waals surface area contributed by atoms with Crippen molar-refractivity contribution in [2.24, 2.45) is 5.92 Å². The van der Waals surface area contributed by atoms with E-state index in [1.807, 2.05) is 13.8 Å². The molecule has 1 N–H and O–H groups in total.